The highest BCUT2D eigenvalue weighted by atomic mass is 35.5. The van der Waals surface area contributed by atoms with E-state index in [9.17, 15) is 10.1 Å². The second-order valence-corrected chi connectivity index (χ2v) is 12.0. The van der Waals surface area contributed by atoms with Gasteiger partial charge in [-0.3, -0.25) is 15.1 Å². The van der Waals surface area contributed by atoms with E-state index in [4.69, 9.17) is 23.8 Å². The van der Waals surface area contributed by atoms with Crippen LogP contribution in [0.25, 0.3) is 5.69 Å². The first-order valence-electron chi connectivity index (χ1n) is 13.3. The second kappa shape index (κ2) is 11.6. The molecular weight excluding hydrogens is 586 g/mol. The summed E-state index contributed by atoms with van der Waals surface area (Å²) in [4.78, 5) is 19.4. The van der Waals surface area contributed by atoms with Crippen molar-refractivity contribution in [2.45, 2.75) is 35.7 Å². The topological polar surface area (TPSA) is 76.2 Å². The van der Waals surface area contributed by atoms with E-state index in [2.05, 4.69) is 51.8 Å². The second-order valence-electron chi connectivity index (χ2n) is 9.98. The van der Waals surface area contributed by atoms with Gasteiger partial charge in [-0.25, -0.2) is 0 Å². The van der Waals surface area contributed by atoms with E-state index in [1.54, 1.807) is 30.1 Å². The van der Waals surface area contributed by atoms with Crippen LogP contribution in [0.2, 0.25) is 5.02 Å². The van der Waals surface area contributed by atoms with Crippen molar-refractivity contribution in [3.63, 3.8) is 0 Å². The molecule has 210 valence electrons. The van der Waals surface area contributed by atoms with Crippen LogP contribution in [0.1, 0.15) is 34.7 Å². The van der Waals surface area contributed by atoms with Gasteiger partial charge in [-0.2, -0.15) is 0 Å². The van der Waals surface area contributed by atoms with Gasteiger partial charge in [-0.05, 0) is 110 Å². The fourth-order valence-electron chi connectivity index (χ4n) is 5.47. The molecule has 2 atom stereocenters. The van der Waals surface area contributed by atoms with Crippen LogP contribution in [0.5, 0.6) is 0 Å². The monoisotopic (exact) mass is 611 g/mol. The van der Waals surface area contributed by atoms with Crippen LogP contribution in [-0.4, -0.2) is 19.6 Å². The van der Waals surface area contributed by atoms with E-state index in [1.807, 2.05) is 54.6 Å². The lowest BCUT2D eigenvalue weighted by atomic mass is 9.96. The van der Waals surface area contributed by atoms with E-state index in [-0.39, 0.29) is 17.8 Å². The number of nitro groups is 1. The highest BCUT2D eigenvalue weighted by Crippen LogP contribution is 2.44. The van der Waals surface area contributed by atoms with Crippen LogP contribution >= 0.6 is 35.6 Å². The van der Waals surface area contributed by atoms with Crippen molar-refractivity contribution in [1.82, 2.24) is 14.9 Å². The third-order valence-corrected chi connectivity index (χ3v) is 8.95. The van der Waals surface area contributed by atoms with E-state index >= 15 is 0 Å². The number of pyridine rings is 1. The Labute approximate surface area is 258 Å². The maximum atomic E-state index is 11.0. The zero-order valence-electron chi connectivity index (χ0n) is 22.8. The van der Waals surface area contributed by atoms with E-state index < -0.39 is 4.92 Å². The van der Waals surface area contributed by atoms with Crippen LogP contribution in [0.15, 0.2) is 113 Å². The fraction of sp³-hybridized carbons (Fsp3) is 0.125. The van der Waals surface area contributed by atoms with Crippen molar-refractivity contribution in [3.05, 3.63) is 141 Å². The van der Waals surface area contributed by atoms with Gasteiger partial charge in [0, 0.05) is 55.9 Å². The number of aromatic nitrogens is 2. The summed E-state index contributed by atoms with van der Waals surface area (Å²) in [6, 6.07) is 30.5. The molecule has 3 heterocycles. The van der Waals surface area contributed by atoms with E-state index in [0.29, 0.717) is 10.1 Å². The van der Waals surface area contributed by atoms with Crippen LogP contribution in [0, 0.1) is 24.0 Å². The molecule has 1 fully saturated rings. The van der Waals surface area contributed by atoms with Gasteiger partial charge in [0.25, 0.3) is 5.69 Å². The predicted molar refractivity (Wildman–Crippen MR) is 172 cm³/mol. The number of thiocarbonyl (C=S) groups is 1. The van der Waals surface area contributed by atoms with Gasteiger partial charge in [0.2, 0.25) is 0 Å². The molecule has 5 aromatic rings. The lowest BCUT2D eigenvalue weighted by Gasteiger charge is -2.28. The number of aryl methyl sites for hydroxylation is 1. The van der Waals surface area contributed by atoms with Gasteiger partial charge in [-0.1, -0.05) is 29.4 Å². The Hall–Kier alpha value is -4.18. The van der Waals surface area contributed by atoms with Crippen LogP contribution in [-0.2, 0) is 0 Å². The van der Waals surface area contributed by atoms with Crippen molar-refractivity contribution >= 4 is 52.1 Å². The number of nitro benzene ring substituents is 1. The van der Waals surface area contributed by atoms with Crippen molar-refractivity contribution in [3.8, 4) is 5.69 Å². The molecule has 0 spiro atoms. The van der Waals surface area contributed by atoms with Crippen LogP contribution in [0.4, 0.5) is 11.4 Å². The molecule has 0 amide bonds. The number of non-ortho nitro benzene ring substituents is 1. The van der Waals surface area contributed by atoms with Gasteiger partial charge in [0.05, 0.1) is 22.7 Å². The molecule has 1 aliphatic rings. The minimum absolute atomic E-state index is 0.0775. The number of rotatable bonds is 7. The third-order valence-electron chi connectivity index (χ3n) is 7.37. The molecule has 1 aliphatic heterocycles. The Morgan fingerprint density at radius 2 is 1.57 bits per heavy atom. The van der Waals surface area contributed by atoms with Gasteiger partial charge >= 0.3 is 0 Å². The summed E-state index contributed by atoms with van der Waals surface area (Å²) < 4.78 is 2.24. The molecule has 0 bridgehead atoms. The molecule has 0 unspecified atom stereocenters. The minimum Gasteiger partial charge on any atom is -0.351 e. The summed E-state index contributed by atoms with van der Waals surface area (Å²) in [5.41, 5.74) is 6.36. The molecule has 3 aromatic carbocycles. The summed E-state index contributed by atoms with van der Waals surface area (Å²) in [6.07, 6.45) is 1.81. The molecule has 1 saturated heterocycles. The van der Waals surface area contributed by atoms with Gasteiger partial charge in [-0.15, -0.1) is 0 Å². The van der Waals surface area contributed by atoms with Crippen molar-refractivity contribution < 1.29 is 4.92 Å². The lowest BCUT2D eigenvalue weighted by Crippen LogP contribution is -2.29. The number of halogens is 1. The van der Waals surface area contributed by atoms with Gasteiger partial charge < -0.3 is 14.8 Å². The number of benzene rings is 3. The smallest absolute Gasteiger partial charge is 0.269 e. The van der Waals surface area contributed by atoms with Crippen LogP contribution in [0.3, 0.4) is 0 Å². The van der Waals surface area contributed by atoms with Crippen molar-refractivity contribution in [2.75, 3.05) is 4.90 Å². The Bertz CT molecular complexity index is 1760. The summed E-state index contributed by atoms with van der Waals surface area (Å²) >= 11 is 13.7. The highest BCUT2D eigenvalue weighted by molar-refractivity contribution is 7.99. The number of hydrogen-bond acceptors (Lipinski definition) is 5. The fourth-order valence-corrected chi connectivity index (χ4v) is 6.76. The number of hydrogen-bond donors (Lipinski definition) is 1. The minimum atomic E-state index is -0.391. The molecule has 10 heteroatoms. The Kier molecular flexibility index (Phi) is 7.72. The maximum absolute atomic E-state index is 11.0. The normalized spacial score (nSPS) is 16.5. The Morgan fingerprint density at radius 3 is 2.19 bits per heavy atom. The quantitative estimate of drug-likeness (QED) is 0.112. The highest BCUT2D eigenvalue weighted by Gasteiger charge is 2.42. The first-order valence-corrected chi connectivity index (χ1v) is 14.9. The summed E-state index contributed by atoms with van der Waals surface area (Å²) in [5.74, 6) is 0. The Balaban J connectivity index is 1.37. The first kappa shape index (κ1) is 28.0. The maximum Gasteiger partial charge on any atom is 0.269 e. The van der Waals surface area contributed by atoms with Crippen LogP contribution < -0.4 is 10.2 Å². The molecule has 0 saturated carbocycles. The number of nitrogens with zero attached hydrogens (tertiary/aromatic N) is 4. The van der Waals surface area contributed by atoms with Gasteiger partial charge in [0.1, 0.15) is 0 Å². The average molecular weight is 612 g/mol. The average Bonchev–Trinajstić information content (AvgIpc) is 3.49. The zero-order valence-corrected chi connectivity index (χ0v) is 25.2. The molecule has 1 N–H and O–H groups in total. The predicted octanol–water partition coefficient (Wildman–Crippen LogP) is 8.38. The summed E-state index contributed by atoms with van der Waals surface area (Å²) in [7, 11) is 0. The molecule has 42 heavy (non-hydrogen) atoms. The largest absolute Gasteiger partial charge is 0.351 e. The third kappa shape index (κ3) is 5.38. The molecule has 6 rings (SSSR count). The number of nitrogens with one attached hydrogen (secondary N) is 1. The van der Waals surface area contributed by atoms with Gasteiger partial charge in [0.15, 0.2) is 5.11 Å². The SMILES string of the molecule is Cc1cc([C@@H]2[C@@H](c3ccccn3)NC(=S)N2c2ccc(Sc3ccc([N+](=O)[O-])cc3)cc2)c(C)n1-c1ccc(Cl)cc1. The van der Waals surface area contributed by atoms with Crippen molar-refractivity contribution in [2.24, 2.45) is 0 Å². The summed E-state index contributed by atoms with van der Waals surface area (Å²) in [5, 5.41) is 15.9. The zero-order chi connectivity index (χ0) is 29.4. The molecule has 0 radical (unpaired) electrons. The molecular formula is C32H26ClN5O2S2. The lowest BCUT2D eigenvalue weighted by molar-refractivity contribution is -0.384. The standard InChI is InChI=1S/C32H26ClN5O2S2/c1-20-19-28(21(2)36(20)23-8-6-22(33)7-9-23)31-30(29-5-3-4-18-34-29)35-32(41)37(31)24-10-14-26(15-11-24)42-27-16-12-25(13-17-27)38(39)40/h3-19,30-31H,1-2H3,(H,35,41)/t30-,31-/m1/s1. The van der Waals surface area contributed by atoms with E-state index in [0.717, 1.165) is 43.8 Å². The number of anilines is 1. The molecule has 0 aliphatic carbocycles. The summed E-state index contributed by atoms with van der Waals surface area (Å²) in [6.45, 7) is 4.24. The van der Waals surface area contributed by atoms with E-state index in [1.165, 1.54) is 12.1 Å². The molecule has 2 aromatic heterocycles. The van der Waals surface area contributed by atoms with Crippen molar-refractivity contribution in [1.29, 1.82) is 0 Å². The first-order chi connectivity index (χ1) is 20.3. The molecule has 7 nitrogen and oxygen atoms in total. The Morgan fingerprint density at radius 1 is 0.929 bits per heavy atom.